The topological polar surface area (TPSA) is 0 Å². The van der Waals surface area contributed by atoms with Gasteiger partial charge in [-0.05, 0) is 12.5 Å². The van der Waals surface area contributed by atoms with Crippen LogP contribution in [0.2, 0.25) is 0 Å². The Morgan fingerprint density at radius 1 is 1.50 bits per heavy atom. The summed E-state index contributed by atoms with van der Waals surface area (Å²) in [5.41, 5.74) is 1.02. The van der Waals surface area contributed by atoms with Crippen LogP contribution < -0.4 is 0 Å². The highest BCUT2D eigenvalue weighted by Gasteiger charge is 2.08. The Bertz CT molecular complexity index is 160. The van der Waals surface area contributed by atoms with Gasteiger partial charge in [0.2, 0.25) is 0 Å². The van der Waals surface area contributed by atoms with E-state index >= 15 is 0 Å². The van der Waals surface area contributed by atoms with Gasteiger partial charge in [0.25, 0.3) is 0 Å². The van der Waals surface area contributed by atoms with Crippen molar-refractivity contribution in [2.45, 2.75) is 13.3 Å². The molecule has 1 aliphatic carbocycles. The zero-order valence-corrected chi connectivity index (χ0v) is 6.05. The molecule has 0 nitrogen and oxygen atoms in total. The molecule has 0 aromatic rings. The van der Waals surface area contributed by atoms with E-state index in [0.29, 0.717) is 0 Å². The highest BCUT2D eigenvalue weighted by molar-refractivity contribution is 6.36. The van der Waals surface area contributed by atoms with Gasteiger partial charge in [-0.25, -0.2) is 0 Å². The maximum absolute atomic E-state index is 5.70. The summed E-state index contributed by atoms with van der Waals surface area (Å²) in [6.45, 7) is 1.92. The van der Waals surface area contributed by atoms with Crippen LogP contribution in [-0.2, 0) is 0 Å². The molecule has 0 amide bonds. The molecule has 0 heterocycles. The van der Waals surface area contributed by atoms with Gasteiger partial charge in [-0.1, -0.05) is 29.3 Å². The Balaban J connectivity index is 2.88. The highest BCUT2D eigenvalue weighted by atomic mass is 35.5. The molecule has 0 fully saturated rings. The predicted octanol–water partition coefficient (Wildman–Crippen LogP) is 3.03. The van der Waals surface area contributed by atoms with Crippen LogP contribution in [0.3, 0.4) is 0 Å². The second kappa shape index (κ2) is 2.12. The smallest absolute Gasteiger partial charge is 0.0410 e. The van der Waals surface area contributed by atoms with Gasteiger partial charge in [-0.15, -0.1) is 0 Å². The van der Waals surface area contributed by atoms with Gasteiger partial charge in [0, 0.05) is 16.5 Å². The molecular weight excluding hydrogens is 143 g/mol. The molecular formula is C6H6Cl2. The van der Waals surface area contributed by atoms with E-state index in [4.69, 9.17) is 23.2 Å². The van der Waals surface area contributed by atoms with Crippen LogP contribution in [0.5, 0.6) is 0 Å². The van der Waals surface area contributed by atoms with Crippen LogP contribution in [0.15, 0.2) is 21.7 Å². The summed E-state index contributed by atoms with van der Waals surface area (Å²) in [4.78, 5) is 0. The molecule has 0 unspecified atom stereocenters. The van der Waals surface area contributed by atoms with E-state index in [2.05, 4.69) is 0 Å². The SMILES string of the molecule is CC1=C(Cl)CC=C1Cl. The van der Waals surface area contributed by atoms with Crippen LogP contribution >= 0.6 is 23.2 Å². The molecule has 0 aliphatic heterocycles. The minimum Gasteiger partial charge on any atom is -0.0885 e. The number of hydrogen-bond donors (Lipinski definition) is 0. The van der Waals surface area contributed by atoms with Crippen molar-refractivity contribution in [3.05, 3.63) is 21.7 Å². The van der Waals surface area contributed by atoms with Gasteiger partial charge in [0.15, 0.2) is 0 Å². The molecule has 0 spiro atoms. The first-order valence-corrected chi connectivity index (χ1v) is 3.18. The van der Waals surface area contributed by atoms with Gasteiger partial charge < -0.3 is 0 Å². The Labute approximate surface area is 58.8 Å². The summed E-state index contributed by atoms with van der Waals surface area (Å²) in [6.07, 6.45) is 2.73. The fourth-order valence-corrected chi connectivity index (χ4v) is 1.03. The van der Waals surface area contributed by atoms with E-state index in [1.54, 1.807) is 0 Å². The maximum Gasteiger partial charge on any atom is 0.0410 e. The Morgan fingerprint density at radius 2 is 2.12 bits per heavy atom. The molecule has 0 N–H and O–H groups in total. The normalized spacial score (nSPS) is 19.6. The fourth-order valence-electron chi connectivity index (χ4n) is 0.615. The summed E-state index contributed by atoms with van der Waals surface area (Å²) in [5, 5.41) is 1.67. The molecule has 8 heavy (non-hydrogen) atoms. The van der Waals surface area contributed by atoms with Crippen LogP contribution in [-0.4, -0.2) is 0 Å². The zero-order valence-electron chi connectivity index (χ0n) is 4.54. The minimum atomic E-state index is 0.801. The summed E-state index contributed by atoms with van der Waals surface area (Å²) in [7, 11) is 0. The highest BCUT2D eigenvalue weighted by Crippen LogP contribution is 2.30. The lowest BCUT2D eigenvalue weighted by atomic mass is 10.3. The molecule has 1 rings (SSSR count). The minimum absolute atomic E-state index is 0.801. The van der Waals surface area contributed by atoms with Crippen LogP contribution in [0, 0.1) is 0 Å². The van der Waals surface area contributed by atoms with Gasteiger partial charge in [0.1, 0.15) is 0 Å². The average Bonchev–Trinajstić information content (AvgIpc) is 1.98. The largest absolute Gasteiger partial charge is 0.0885 e. The number of hydrogen-bond acceptors (Lipinski definition) is 0. The first kappa shape index (κ1) is 6.18. The van der Waals surface area contributed by atoms with Crippen molar-refractivity contribution < 1.29 is 0 Å². The van der Waals surface area contributed by atoms with Crippen LogP contribution in [0.4, 0.5) is 0 Å². The van der Waals surface area contributed by atoms with E-state index in [0.717, 1.165) is 22.1 Å². The lowest BCUT2D eigenvalue weighted by Gasteiger charge is -1.89. The molecule has 1 aliphatic rings. The maximum atomic E-state index is 5.70. The van der Waals surface area contributed by atoms with Gasteiger partial charge in [-0.3, -0.25) is 0 Å². The van der Waals surface area contributed by atoms with Gasteiger partial charge in [0.05, 0.1) is 0 Å². The average molecular weight is 149 g/mol. The van der Waals surface area contributed by atoms with E-state index in [9.17, 15) is 0 Å². The van der Waals surface area contributed by atoms with Crippen molar-refractivity contribution in [2.75, 3.05) is 0 Å². The molecule has 44 valence electrons. The molecule has 0 aromatic carbocycles. The van der Waals surface area contributed by atoms with Crippen LogP contribution in [0.25, 0.3) is 0 Å². The lowest BCUT2D eigenvalue weighted by Crippen LogP contribution is -1.68. The lowest BCUT2D eigenvalue weighted by molar-refractivity contribution is 1.37. The molecule has 2 heteroatoms. The predicted molar refractivity (Wildman–Crippen MR) is 37.1 cm³/mol. The van der Waals surface area contributed by atoms with Crippen molar-refractivity contribution in [1.29, 1.82) is 0 Å². The Hall–Kier alpha value is 0.0600. The standard InChI is InChI=1S/C6H6Cl2/c1-4-5(7)2-3-6(4)8/h2H,3H2,1H3. The molecule has 0 aromatic heterocycles. The van der Waals surface area contributed by atoms with Crippen molar-refractivity contribution in [3.63, 3.8) is 0 Å². The Morgan fingerprint density at radius 3 is 2.25 bits per heavy atom. The molecule has 0 saturated heterocycles. The van der Waals surface area contributed by atoms with Crippen molar-refractivity contribution in [3.8, 4) is 0 Å². The van der Waals surface area contributed by atoms with E-state index in [-0.39, 0.29) is 0 Å². The van der Waals surface area contributed by atoms with Crippen molar-refractivity contribution in [1.82, 2.24) is 0 Å². The number of allylic oxidation sites excluding steroid dienone is 4. The first-order chi connectivity index (χ1) is 3.72. The van der Waals surface area contributed by atoms with E-state index < -0.39 is 0 Å². The van der Waals surface area contributed by atoms with Gasteiger partial charge in [-0.2, -0.15) is 0 Å². The van der Waals surface area contributed by atoms with Gasteiger partial charge >= 0.3 is 0 Å². The quantitative estimate of drug-likeness (QED) is 0.496. The molecule has 0 atom stereocenters. The summed E-state index contributed by atoms with van der Waals surface area (Å²) in [6, 6.07) is 0. The Kier molecular flexibility index (Phi) is 1.64. The van der Waals surface area contributed by atoms with Crippen LogP contribution in [0.1, 0.15) is 13.3 Å². The second-order valence-electron chi connectivity index (χ2n) is 1.79. The zero-order chi connectivity index (χ0) is 6.15. The summed E-state index contributed by atoms with van der Waals surface area (Å²) >= 11 is 11.4. The number of halogens is 2. The van der Waals surface area contributed by atoms with E-state index in [1.165, 1.54) is 0 Å². The first-order valence-electron chi connectivity index (χ1n) is 2.43. The third-order valence-corrected chi connectivity index (χ3v) is 2.10. The van der Waals surface area contributed by atoms with Crippen molar-refractivity contribution >= 4 is 23.2 Å². The molecule has 0 bridgehead atoms. The third-order valence-electron chi connectivity index (χ3n) is 1.23. The molecule has 0 radical (unpaired) electrons. The van der Waals surface area contributed by atoms with Crippen molar-refractivity contribution in [2.24, 2.45) is 0 Å². The second-order valence-corrected chi connectivity index (χ2v) is 2.65. The van der Waals surface area contributed by atoms with E-state index in [1.807, 2.05) is 13.0 Å². The third kappa shape index (κ3) is 0.910. The number of rotatable bonds is 0. The molecule has 0 saturated carbocycles. The monoisotopic (exact) mass is 148 g/mol. The summed E-state index contributed by atoms with van der Waals surface area (Å²) in [5.74, 6) is 0. The summed E-state index contributed by atoms with van der Waals surface area (Å²) < 4.78 is 0. The fraction of sp³-hybridized carbons (Fsp3) is 0.333.